The predicted octanol–water partition coefficient (Wildman–Crippen LogP) is 2.09. The molecule has 1 saturated carbocycles. The molecule has 1 amide bonds. The highest BCUT2D eigenvalue weighted by Crippen LogP contribution is 2.56. The van der Waals surface area contributed by atoms with Crippen LogP contribution in [-0.4, -0.2) is 49.1 Å². The number of benzene rings is 1. The van der Waals surface area contributed by atoms with Gasteiger partial charge in [0, 0.05) is 36.3 Å². The van der Waals surface area contributed by atoms with Crippen molar-refractivity contribution in [3.8, 4) is 5.88 Å². The van der Waals surface area contributed by atoms with Gasteiger partial charge in [0.05, 0.1) is 0 Å². The molecule has 3 atom stereocenters. The van der Waals surface area contributed by atoms with Crippen molar-refractivity contribution in [2.45, 2.75) is 18.4 Å². The van der Waals surface area contributed by atoms with Gasteiger partial charge in [0.25, 0.3) is 5.91 Å². The Kier molecular flexibility index (Phi) is 4.17. The monoisotopic (exact) mass is 337 g/mol. The molecule has 0 spiro atoms. The van der Waals surface area contributed by atoms with E-state index in [2.05, 4.69) is 34.6 Å². The molecule has 2 aliphatic rings. The summed E-state index contributed by atoms with van der Waals surface area (Å²) in [7, 11) is 3.98. The van der Waals surface area contributed by atoms with E-state index in [4.69, 9.17) is 4.74 Å². The van der Waals surface area contributed by atoms with Crippen molar-refractivity contribution in [2.24, 2.45) is 5.92 Å². The lowest BCUT2D eigenvalue weighted by Gasteiger charge is -2.12. The van der Waals surface area contributed by atoms with E-state index < -0.39 is 0 Å². The van der Waals surface area contributed by atoms with E-state index >= 15 is 0 Å². The van der Waals surface area contributed by atoms with Crippen molar-refractivity contribution in [1.82, 2.24) is 15.2 Å². The van der Waals surface area contributed by atoms with Gasteiger partial charge >= 0.3 is 0 Å². The van der Waals surface area contributed by atoms with Crippen LogP contribution in [0, 0.1) is 5.92 Å². The third-order valence-corrected chi connectivity index (χ3v) is 5.12. The van der Waals surface area contributed by atoms with Crippen molar-refractivity contribution in [2.75, 3.05) is 27.2 Å². The van der Waals surface area contributed by atoms with Gasteiger partial charge in [0.15, 0.2) is 0 Å². The Hall–Kier alpha value is -2.40. The highest BCUT2D eigenvalue weighted by atomic mass is 16.5. The van der Waals surface area contributed by atoms with Gasteiger partial charge in [0.1, 0.15) is 6.61 Å². The number of nitrogens with zero attached hydrogens (tertiary/aromatic N) is 2. The summed E-state index contributed by atoms with van der Waals surface area (Å²) in [6.45, 7) is 1.36. The second-order valence-electron chi connectivity index (χ2n) is 7.13. The Morgan fingerprint density at radius 2 is 2.16 bits per heavy atom. The molecule has 25 heavy (non-hydrogen) atoms. The maximum absolute atomic E-state index is 12.6. The number of aromatic nitrogens is 1. The maximum Gasteiger partial charge on any atom is 0.251 e. The molecule has 5 nitrogen and oxygen atoms in total. The van der Waals surface area contributed by atoms with Crippen molar-refractivity contribution in [3.63, 3.8) is 0 Å². The SMILES string of the molecule is CN(C)CCOc1cc(C(=O)N[C@@H]2[C@H]3Cc4ccccc4[C@@H]32)ccn1. The highest BCUT2D eigenvalue weighted by molar-refractivity contribution is 5.95. The highest BCUT2D eigenvalue weighted by Gasteiger charge is 2.56. The van der Waals surface area contributed by atoms with Crippen molar-refractivity contribution in [3.05, 3.63) is 59.3 Å². The van der Waals surface area contributed by atoms with Gasteiger partial charge < -0.3 is 15.0 Å². The fraction of sp³-hybridized carbons (Fsp3) is 0.400. The van der Waals surface area contributed by atoms with E-state index in [1.54, 1.807) is 18.3 Å². The van der Waals surface area contributed by atoms with Gasteiger partial charge in [-0.1, -0.05) is 24.3 Å². The molecule has 130 valence electrons. The first-order valence-electron chi connectivity index (χ1n) is 8.76. The van der Waals surface area contributed by atoms with E-state index in [9.17, 15) is 4.79 Å². The van der Waals surface area contributed by atoms with E-state index in [0.29, 0.717) is 29.9 Å². The second kappa shape index (κ2) is 6.48. The summed E-state index contributed by atoms with van der Waals surface area (Å²) in [6.07, 6.45) is 2.70. The van der Waals surface area contributed by atoms with Gasteiger partial charge in [-0.15, -0.1) is 0 Å². The molecule has 0 saturated heterocycles. The Morgan fingerprint density at radius 1 is 1.32 bits per heavy atom. The van der Waals surface area contributed by atoms with Crippen molar-refractivity contribution in [1.29, 1.82) is 0 Å². The molecule has 1 fully saturated rings. The van der Waals surface area contributed by atoms with E-state index in [-0.39, 0.29) is 11.9 Å². The van der Waals surface area contributed by atoms with Crippen LogP contribution in [-0.2, 0) is 6.42 Å². The second-order valence-corrected chi connectivity index (χ2v) is 7.13. The predicted molar refractivity (Wildman–Crippen MR) is 95.9 cm³/mol. The van der Waals surface area contributed by atoms with Crippen molar-refractivity contribution >= 4 is 5.91 Å². The summed E-state index contributed by atoms with van der Waals surface area (Å²) in [6, 6.07) is 12.3. The molecule has 0 unspecified atom stereocenters. The third-order valence-electron chi connectivity index (χ3n) is 5.12. The van der Waals surface area contributed by atoms with E-state index in [1.807, 2.05) is 19.0 Å². The molecule has 4 rings (SSSR count). The number of ether oxygens (including phenoxy) is 1. The molecule has 0 bridgehead atoms. The largest absolute Gasteiger partial charge is 0.476 e. The van der Waals surface area contributed by atoms with Gasteiger partial charge in [0.2, 0.25) is 5.88 Å². The lowest BCUT2D eigenvalue weighted by atomic mass is 10.1. The van der Waals surface area contributed by atoms with Crippen LogP contribution in [0.25, 0.3) is 0 Å². The summed E-state index contributed by atoms with van der Waals surface area (Å²) in [4.78, 5) is 18.8. The van der Waals surface area contributed by atoms with Crippen LogP contribution < -0.4 is 10.1 Å². The van der Waals surface area contributed by atoms with Crippen LogP contribution in [0.3, 0.4) is 0 Å². The number of carbonyl (C=O) groups excluding carboxylic acids is 1. The third kappa shape index (κ3) is 3.24. The average Bonchev–Trinajstić information content (AvgIpc) is 3.11. The normalized spacial score (nSPS) is 23.1. The number of pyridine rings is 1. The Balaban J connectivity index is 1.37. The molecule has 1 aromatic heterocycles. The maximum atomic E-state index is 12.6. The first-order valence-corrected chi connectivity index (χ1v) is 8.76. The molecule has 0 aliphatic heterocycles. The number of likely N-dealkylation sites (N-methyl/N-ethyl adjacent to an activating group) is 1. The zero-order valence-electron chi connectivity index (χ0n) is 14.6. The summed E-state index contributed by atoms with van der Waals surface area (Å²) in [5, 5.41) is 3.18. The van der Waals surface area contributed by atoms with Crippen LogP contribution in [0.2, 0.25) is 0 Å². The fourth-order valence-electron chi connectivity index (χ4n) is 3.75. The molecule has 2 aromatic rings. The molecule has 2 aliphatic carbocycles. The van der Waals surface area contributed by atoms with E-state index in [0.717, 1.165) is 13.0 Å². The molecule has 0 radical (unpaired) electrons. The molecule has 1 heterocycles. The number of carbonyl (C=O) groups is 1. The number of hydrogen-bond acceptors (Lipinski definition) is 4. The first-order chi connectivity index (χ1) is 12.1. The van der Waals surface area contributed by atoms with E-state index in [1.165, 1.54) is 11.1 Å². The van der Waals surface area contributed by atoms with Crippen molar-refractivity contribution < 1.29 is 9.53 Å². The topological polar surface area (TPSA) is 54.5 Å². The van der Waals surface area contributed by atoms with Crippen LogP contribution >= 0.6 is 0 Å². The van der Waals surface area contributed by atoms with Crippen LogP contribution in [0.5, 0.6) is 5.88 Å². The van der Waals surface area contributed by atoms with Gasteiger partial charge in [-0.05, 0) is 43.6 Å². The lowest BCUT2D eigenvalue weighted by Crippen LogP contribution is -2.28. The summed E-state index contributed by atoms with van der Waals surface area (Å²) in [5.74, 6) is 1.49. The minimum Gasteiger partial charge on any atom is -0.476 e. The van der Waals surface area contributed by atoms with Gasteiger partial charge in [-0.2, -0.15) is 0 Å². The molecule has 1 aromatic carbocycles. The molecule has 5 heteroatoms. The quantitative estimate of drug-likeness (QED) is 0.877. The Bertz CT molecular complexity index is 790. The van der Waals surface area contributed by atoms with Crippen LogP contribution in [0.1, 0.15) is 27.4 Å². The number of hydrogen-bond donors (Lipinski definition) is 1. The zero-order valence-corrected chi connectivity index (χ0v) is 14.6. The Labute approximate surface area is 148 Å². The number of fused-ring (bicyclic) bond motifs is 3. The number of amides is 1. The summed E-state index contributed by atoms with van der Waals surface area (Å²) < 4.78 is 5.62. The smallest absolute Gasteiger partial charge is 0.251 e. The minimum atomic E-state index is -0.0447. The number of nitrogens with one attached hydrogen (secondary N) is 1. The Morgan fingerprint density at radius 3 is 3.00 bits per heavy atom. The lowest BCUT2D eigenvalue weighted by molar-refractivity contribution is 0.0947. The summed E-state index contributed by atoms with van der Waals surface area (Å²) >= 11 is 0. The van der Waals surface area contributed by atoms with Crippen LogP contribution in [0.15, 0.2) is 42.6 Å². The van der Waals surface area contributed by atoms with Gasteiger partial charge in [-0.25, -0.2) is 4.98 Å². The molecule has 1 N–H and O–H groups in total. The summed E-state index contributed by atoms with van der Waals surface area (Å²) in [5.41, 5.74) is 3.44. The fourth-order valence-corrected chi connectivity index (χ4v) is 3.75. The zero-order chi connectivity index (χ0) is 17.4. The molecular formula is C20H23N3O2. The number of rotatable bonds is 6. The van der Waals surface area contributed by atoms with Crippen LogP contribution in [0.4, 0.5) is 0 Å². The standard InChI is InChI=1S/C20H23N3O2/c1-23(2)9-10-25-17-12-14(7-8-21-17)20(24)22-19-16-11-13-5-3-4-6-15(13)18(16)19/h3-8,12,16,18-19H,9-11H2,1-2H3,(H,22,24)/t16-,18-,19+/m0/s1. The molecular weight excluding hydrogens is 314 g/mol. The minimum absolute atomic E-state index is 0.0447. The average molecular weight is 337 g/mol. The van der Waals surface area contributed by atoms with Gasteiger partial charge in [-0.3, -0.25) is 4.79 Å². The first kappa shape index (κ1) is 16.1.